The maximum absolute atomic E-state index is 9.42. The Kier molecular flexibility index (Phi) is 6.23. The number of ether oxygens (including phenoxy) is 1. The quantitative estimate of drug-likeness (QED) is 0.625. The van der Waals surface area contributed by atoms with Gasteiger partial charge in [0, 0.05) is 0 Å². The Balaban J connectivity index is 1.84. The van der Waals surface area contributed by atoms with Gasteiger partial charge in [-0.25, -0.2) is 0 Å². The van der Waals surface area contributed by atoms with Crippen molar-refractivity contribution in [3.8, 4) is 11.8 Å². The van der Waals surface area contributed by atoms with E-state index in [1.807, 2.05) is 18.2 Å². The molecule has 2 aromatic rings. The van der Waals surface area contributed by atoms with E-state index in [0.29, 0.717) is 12.5 Å². The van der Waals surface area contributed by atoms with Crippen molar-refractivity contribution in [1.29, 1.82) is 5.26 Å². The van der Waals surface area contributed by atoms with Gasteiger partial charge in [-0.1, -0.05) is 50.2 Å². The van der Waals surface area contributed by atoms with Crippen molar-refractivity contribution in [1.82, 2.24) is 0 Å². The van der Waals surface area contributed by atoms with E-state index in [1.165, 1.54) is 11.1 Å². The van der Waals surface area contributed by atoms with Gasteiger partial charge in [-0.2, -0.15) is 5.26 Å². The second-order valence-electron chi connectivity index (χ2n) is 6.31. The summed E-state index contributed by atoms with van der Waals surface area (Å²) in [5, 5.41) is 9.42. The van der Waals surface area contributed by atoms with E-state index in [2.05, 4.69) is 57.2 Å². The summed E-state index contributed by atoms with van der Waals surface area (Å²) >= 11 is 0. The summed E-state index contributed by atoms with van der Waals surface area (Å²) in [7, 11) is 0. The second kappa shape index (κ2) is 8.39. The van der Waals surface area contributed by atoms with E-state index in [-0.39, 0.29) is 5.92 Å². The lowest BCUT2D eigenvalue weighted by molar-refractivity contribution is 0.305. The SMILES string of the molecule is Cc1cccc(OCCCC(C#N)c2ccc(C(C)C)cc2)c1. The maximum Gasteiger partial charge on any atom is 0.119 e. The largest absolute Gasteiger partial charge is 0.494 e. The maximum atomic E-state index is 9.42. The van der Waals surface area contributed by atoms with Crippen molar-refractivity contribution in [3.63, 3.8) is 0 Å². The van der Waals surface area contributed by atoms with Crippen molar-refractivity contribution in [2.24, 2.45) is 0 Å². The molecule has 0 saturated heterocycles. The van der Waals surface area contributed by atoms with Crippen LogP contribution in [0.4, 0.5) is 0 Å². The molecule has 2 rings (SSSR count). The molecule has 0 aliphatic heterocycles. The lowest BCUT2D eigenvalue weighted by Gasteiger charge is -2.12. The predicted octanol–water partition coefficient (Wildman–Crippen LogP) is 5.58. The fourth-order valence-electron chi connectivity index (χ4n) is 2.60. The molecule has 1 atom stereocenters. The van der Waals surface area contributed by atoms with E-state index in [1.54, 1.807) is 0 Å². The minimum atomic E-state index is -0.0580. The number of nitrogens with zero attached hydrogens (tertiary/aromatic N) is 1. The molecule has 23 heavy (non-hydrogen) atoms. The van der Waals surface area contributed by atoms with Crippen molar-refractivity contribution < 1.29 is 4.74 Å². The third kappa shape index (κ3) is 5.14. The molecule has 0 N–H and O–H groups in total. The Bertz CT molecular complexity index is 652. The molecule has 2 nitrogen and oxygen atoms in total. The lowest BCUT2D eigenvalue weighted by Crippen LogP contribution is -2.02. The highest BCUT2D eigenvalue weighted by Gasteiger charge is 2.11. The highest BCUT2D eigenvalue weighted by Crippen LogP contribution is 2.23. The molecule has 2 aromatic carbocycles. The fourth-order valence-corrected chi connectivity index (χ4v) is 2.60. The van der Waals surface area contributed by atoms with Crippen molar-refractivity contribution in [2.45, 2.75) is 45.4 Å². The number of benzene rings is 2. The molecule has 2 heteroatoms. The smallest absolute Gasteiger partial charge is 0.119 e. The average Bonchev–Trinajstić information content (AvgIpc) is 2.55. The van der Waals surface area contributed by atoms with Crippen LogP contribution in [0.5, 0.6) is 5.75 Å². The van der Waals surface area contributed by atoms with Crippen molar-refractivity contribution >= 4 is 0 Å². The summed E-state index contributed by atoms with van der Waals surface area (Å²) in [6.45, 7) is 7.06. The van der Waals surface area contributed by atoms with E-state index in [0.717, 1.165) is 24.2 Å². The molecule has 0 amide bonds. The van der Waals surface area contributed by atoms with Crippen LogP contribution < -0.4 is 4.74 Å². The molecular weight excluding hydrogens is 282 g/mol. The molecule has 0 aliphatic rings. The van der Waals surface area contributed by atoms with Gasteiger partial charge in [0.05, 0.1) is 18.6 Å². The zero-order chi connectivity index (χ0) is 16.7. The topological polar surface area (TPSA) is 33.0 Å². The lowest BCUT2D eigenvalue weighted by atomic mass is 9.93. The third-order valence-corrected chi connectivity index (χ3v) is 4.06. The van der Waals surface area contributed by atoms with Gasteiger partial charge in [0.1, 0.15) is 5.75 Å². The molecule has 0 heterocycles. The minimum Gasteiger partial charge on any atom is -0.494 e. The van der Waals surface area contributed by atoms with Gasteiger partial charge in [0.2, 0.25) is 0 Å². The zero-order valence-electron chi connectivity index (χ0n) is 14.3. The highest BCUT2D eigenvalue weighted by atomic mass is 16.5. The number of hydrogen-bond acceptors (Lipinski definition) is 2. The normalized spacial score (nSPS) is 12.0. The van der Waals surface area contributed by atoms with E-state index >= 15 is 0 Å². The molecule has 0 radical (unpaired) electrons. The van der Waals surface area contributed by atoms with Gasteiger partial charge in [-0.15, -0.1) is 0 Å². The van der Waals surface area contributed by atoms with Crippen LogP contribution in [0.1, 0.15) is 55.2 Å². The predicted molar refractivity (Wildman–Crippen MR) is 94.8 cm³/mol. The minimum absolute atomic E-state index is 0.0580. The van der Waals surface area contributed by atoms with Crippen LogP contribution in [0.3, 0.4) is 0 Å². The van der Waals surface area contributed by atoms with Gasteiger partial charge in [0.15, 0.2) is 0 Å². The molecule has 0 spiro atoms. The first kappa shape index (κ1) is 17.1. The van der Waals surface area contributed by atoms with Gasteiger partial charge in [0.25, 0.3) is 0 Å². The van der Waals surface area contributed by atoms with Crippen LogP contribution in [0.15, 0.2) is 48.5 Å². The highest BCUT2D eigenvalue weighted by molar-refractivity contribution is 5.30. The summed E-state index contributed by atoms with van der Waals surface area (Å²) in [6, 6.07) is 18.9. The van der Waals surface area contributed by atoms with Crippen LogP contribution in [0, 0.1) is 18.3 Å². The number of hydrogen-bond donors (Lipinski definition) is 0. The summed E-state index contributed by atoms with van der Waals surface area (Å²) < 4.78 is 5.76. The van der Waals surface area contributed by atoms with Crippen LogP contribution in [-0.2, 0) is 0 Å². The van der Waals surface area contributed by atoms with Crippen LogP contribution >= 0.6 is 0 Å². The summed E-state index contributed by atoms with van der Waals surface area (Å²) in [4.78, 5) is 0. The Labute approximate surface area is 139 Å². The molecule has 1 unspecified atom stereocenters. The molecule has 0 aliphatic carbocycles. The number of rotatable bonds is 7. The molecule has 120 valence electrons. The summed E-state index contributed by atoms with van der Waals surface area (Å²) in [6.07, 6.45) is 1.70. The molecule has 0 saturated carbocycles. The Morgan fingerprint density at radius 2 is 1.74 bits per heavy atom. The van der Waals surface area contributed by atoms with Crippen molar-refractivity contribution in [3.05, 3.63) is 65.2 Å². The van der Waals surface area contributed by atoms with Crippen LogP contribution in [-0.4, -0.2) is 6.61 Å². The van der Waals surface area contributed by atoms with Gasteiger partial charge in [-0.3, -0.25) is 0 Å². The Morgan fingerprint density at radius 1 is 1.04 bits per heavy atom. The third-order valence-electron chi connectivity index (χ3n) is 4.06. The fraction of sp³-hybridized carbons (Fsp3) is 0.381. The first-order valence-corrected chi connectivity index (χ1v) is 8.29. The summed E-state index contributed by atoms with van der Waals surface area (Å²) in [5.41, 5.74) is 3.61. The first-order valence-electron chi connectivity index (χ1n) is 8.29. The molecule has 0 aromatic heterocycles. The van der Waals surface area contributed by atoms with E-state index in [4.69, 9.17) is 4.74 Å². The average molecular weight is 307 g/mol. The monoisotopic (exact) mass is 307 g/mol. The first-order chi connectivity index (χ1) is 11.1. The van der Waals surface area contributed by atoms with Gasteiger partial charge < -0.3 is 4.74 Å². The van der Waals surface area contributed by atoms with Gasteiger partial charge >= 0.3 is 0 Å². The molecule has 0 bridgehead atoms. The molecule has 0 fully saturated rings. The number of aryl methyl sites for hydroxylation is 1. The standard InChI is InChI=1S/C21H25NO/c1-16(2)18-9-11-19(12-10-18)20(15-22)7-5-13-23-21-8-4-6-17(3)14-21/h4,6,8-12,14,16,20H,5,7,13H2,1-3H3. The Morgan fingerprint density at radius 3 is 2.35 bits per heavy atom. The van der Waals surface area contributed by atoms with E-state index < -0.39 is 0 Å². The Hall–Kier alpha value is -2.27. The molecular formula is C21H25NO. The van der Waals surface area contributed by atoms with E-state index in [9.17, 15) is 5.26 Å². The van der Waals surface area contributed by atoms with Gasteiger partial charge in [-0.05, 0) is 54.5 Å². The van der Waals surface area contributed by atoms with Crippen LogP contribution in [0.25, 0.3) is 0 Å². The van der Waals surface area contributed by atoms with Crippen molar-refractivity contribution in [2.75, 3.05) is 6.61 Å². The van der Waals surface area contributed by atoms with Crippen LogP contribution in [0.2, 0.25) is 0 Å². The number of nitriles is 1. The summed E-state index contributed by atoms with van der Waals surface area (Å²) in [5.74, 6) is 1.37. The second-order valence-corrected chi connectivity index (χ2v) is 6.31. The zero-order valence-corrected chi connectivity index (χ0v) is 14.3.